The molecule has 0 aliphatic carbocycles. The van der Waals surface area contributed by atoms with E-state index in [1.165, 1.54) is 14.0 Å². The molecule has 0 bridgehead atoms. The number of rotatable bonds is 4. The molecular formula is C19H18F3N7OS. The van der Waals surface area contributed by atoms with E-state index in [0.717, 1.165) is 46.7 Å². The molecule has 0 saturated carbocycles. The van der Waals surface area contributed by atoms with E-state index in [9.17, 15) is 18.0 Å². The Bertz CT molecular complexity index is 1150. The van der Waals surface area contributed by atoms with Gasteiger partial charge in [0.25, 0.3) is 0 Å². The second kappa shape index (κ2) is 7.76. The lowest BCUT2D eigenvalue weighted by molar-refractivity contribution is -0.137. The molecule has 31 heavy (non-hydrogen) atoms. The predicted molar refractivity (Wildman–Crippen MR) is 112 cm³/mol. The summed E-state index contributed by atoms with van der Waals surface area (Å²) in [6, 6.07) is 2.81. The van der Waals surface area contributed by atoms with Gasteiger partial charge in [-0.25, -0.2) is 4.98 Å². The van der Waals surface area contributed by atoms with Gasteiger partial charge in [0.05, 0.1) is 23.1 Å². The standard InChI is InChI=1S/C19H18F3N7OS/c1-10(30)29(3)14-7-12(19(20,21)22)8-24-17(14)26-18-25-16(27-31-18)13-6-11-4-5-28(2)15(11)9-23-13/h6-9H,4-5H2,1-3H3,(H,24,25,26,27). The van der Waals surface area contributed by atoms with Crippen molar-refractivity contribution in [3.63, 3.8) is 0 Å². The maximum Gasteiger partial charge on any atom is 0.417 e. The Hall–Kier alpha value is -3.28. The van der Waals surface area contributed by atoms with Crippen LogP contribution in [0.1, 0.15) is 18.1 Å². The van der Waals surface area contributed by atoms with Crippen molar-refractivity contribution >= 4 is 39.8 Å². The summed E-state index contributed by atoms with van der Waals surface area (Å²) in [6.45, 7) is 2.17. The Morgan fingerprint density at radius 1 is 1.26 bits per heavy atom. The van der Waals surface area contributed by atoms with Crippen LogP contribution in [0.15, 0.2) is 24.5 Å². The minimum Gasteiger partial charge on any atom is -0.373 e. The molecule has 1 aliphatic heterocycles. The summed E-state index contributed by atoms with van der Waals surface area (Å²) in [5.74, 6) is 0.0320. The average molecular weight is 449 g/mol. The second-order valence-electron chi connectivity index (χ2n) is 7.09. The number of anilines is 4. The summed E-state index contributed by atoms with van der Waals surface area (Å²) in [5, 5.41) is 3.19. The fraction of sp³-hybridized carbons (Fsp3) is 0.316. The molecule has 8 nitrogen and oxygen atoms in total. The van der Waals surface area contributed by atoms with Crippen molar-refractivity contribution in [2.75, 3.05) is 35.8 Å². The predicted octanol–water partition coefficient (Wildman–Crippen LogP) is 3.73. The molecule has 3 aromatic rings. The highest BCUT2D eigenvalue weighted by atomic mass is 32.1. The summed E-state index contributed by atoms with van der Waals surface area (Å²) in [5.41, 5.74) is 1.87. The van der Waals surface area contributed by atoms with Gasteiger partial charge >= 0.3 is 6.18 Å². The lowest BCUT2D eigenvalue weighted by Crippen LogP contribution is -2.24. The molecule has 162 valence electrons. The molecule has 1 aliphatic rings. The van der Waals surface area contributed by atoms with Gasteiger partial charge in [0.2, 0.25) is 11.0 Å². The monoisotopic (exact) mass is 449 g/mol. The molecule has 0 spiro atoms. The maximum atomic E-state index is 13.1. The fourth-order valence-corrected chi connectivity index (χ4v) is 3.75. The first-order chi connectivity index (χ1) is 14.6. The molecule has 0 saturated heterocycles. The van der Waals surface area contributed by atoms with E-state index >= 15 is 0 Å². The molecule has 0 aromatic carbocycles. The Kier molecular flexibility index (Phi) is 5.25. The Morgan fingerprint density at radius 2 is 2.03 bits per heavy atom. The Labute approximate surface area is 179 Å². The van der Waals surface area contributed by atoms with Crippen LogP contribution in [-0.2, 0) is 17.4 Å². The maximum absolute atomic E-state index is 13.1. The van der Waals surface area contributed by atoms with Crippen LogP contribution in [0.5, 0.6) is 0 Å². The zero-order valence-electron chi connectivity index (χ0n) is 16.9. The van der Waals surface area contributed by atoms with Gasteiger partial charge in [-0.15, -0.1) is 0 Å². The smallest absolute Gasteiger partial charge is 0.373 e. The highest BCUT2D eigenvalue weighted by Gasteiger charge is 2.32. The van der Waals surface area contributed by atoms with E-state index in [1.54, 1.807) is 6.20 Å². The number of amides is 1. The third-order valence-corrected chi connectivity index (χ3v) is 5.63. The lowest BCUT2D eigenvalue weighted by Gasteiger charge is -2.20. The van der Waals surface area contributed by atoms with Crippen LogP contribution in [0.2, 0.25) is 0 Å². The Balaban J connectivity index is 1.63. The van der Waals surface area contributed by atoms with Crippen molar-refractivity contribution in [2.24, 2.45) is 0 Å². The van der Waals surface area contributed by atoms with E-state index in [4.69, 9.17) is 0 Å². The summed E-state index contributed by atoms with van der Waals surface area (Å²) in [4.78, 5) is 27.7. The van der Waals surface area contributed by atoms with Gasteiger partial charge in [-0.1, -0.05) is 0 Å². The number of fused-ring (bicyclic) bond motifs is 1. The normalized spacial score (nSPS) is 13.3. The number of likely N-dealkylation sites (N-methyl/N-ethyl adjacent to an activating group) is 1. The number of nitrogens with one attached hydrogen (secondary N) is 1. The average Bonchev–Trinajstić information content (AvgIpc) is 3.33. The van der Waals surface area contributed by atoms with Crippen LogP contribution in [0.4, 0.5) is 35.5 Å². The van der Waals surface area contributed by atoms with E-state index in [-0.39, 0.29) is 11.5 Å². The highest BCUT2D eigenvalue weighted by molar-refractivity contribution is 7.09. The molecule has 0 atom stereocenters. The van der Waals surface area contributed by atoms with Gasteiger partial charge in [-0.05, 0) is 24.1 Å². The van der Waals surface area contributed by atoms with E-state index in [2.05, 4.69) is 29.5 Å². The van der Waals surface area contributed by atoms with Gasteiger partial charge in [-0.2, -0.15) is 22.5 Å². The van der Waals surface area contributed by atoms with Crippen LogP contribution in [0.3, 0.4) is 0 Å². The Morgan fingerprint density at radius 3 is 2.74 bits per heavy atom. The molecule has 0 fully saturated rings. The van der Waals surface area contributed by atoms with Crippen LogP contribution in [0, 0.1) is 0 Å². The summed E-state index contributed by atoms with van der Waals surface area (Å²) in [6.07, 6.45) is -1.18. The topological polar surface area (TPSA) is 87.1 Å². The molecule has 4 rings (SSSR count). The van der Waals surface area contributed by atoms with Crippen LogP contribution in [0.25, 0.3) is 11.5 Å². The minimum atomic E-state index is -4.58. The largest absolute Gasteiger partial charge is 0.417 e. The molecular weight excluding hydrogens is 431 g/mol. The first-order valence-electron chi connectivity index (χ1n) is 9.26. The van der Waals surface area contributed by atoms with Gasteiger partial charge < -0.3 is 15.1 Å². The number of aromatic nitrogens is 4. The zero-order valence-corrected chi connectivity index (χ0v) is 17.7. The SMILES string of the molecule is CC(=O)N(C)c1cc(C(F)(F)F)cnc1Nc1nc(-c2cc3c(cn2)N(C)CC3)ns1. The molecule has 1 N–H and O–H groups in total. The summed E-state index contributed by atoms with van der Waals surface area (Å²) in [7, 11) is 3.38. The first-order valence-corrected chi connectivity index (χ1v) is 10.0. The van der Waals surface area contributed by atoms with Crippen LogP contribution >= 0.6 is 11.5 Å². The zero-order chi connectivity index (χ0) is 22.3. The quantitative estimate of drug-likeness (QED) is 0.649. The van der Waals surface area contributed by atoms with Crippen molar-refractivity contribution in [1.29, 1.82) is 0 Å². The van der Waals surface area contributed by atoms with Gasteiger partial charge in [-0.3, -0.25) is 9.78 Å². The van der Waals surface area contributed by atoms with Crippen molar-refractivity contribution in [2.45, 2.75) is 19.5 Å². The fourth-order valence-electron chi connectivity index (χ4n) is 3.17. The highest BCUT2D eigenvalue weighted by Crippen LogP contribution is 2.36. The first kappa shape index (κ1) is 21.0. The van der Waals surface area contributed by atoms with Gasteiger partial charge in [0.15, 0.2) is 11.6 Å². The van der Waals surface area contributed by atoms with Crippen molar-refractivity contribution < 1.29 is 18.0 Å². The summed E-state index contributed by atoms with van der Waals surface area (Å²) >= 11 is 1.02. The summed E-state index contributed by atoms with van der Waals surface area (Å²) < 4.78 is 43.6. The van der Waals surface area contributed by atoms with Crippen molar-refractivity contribution in [3.8, 4) is 11.5 Å². The molecule has 12 heteroatoms. The second-order valence-corrected chi connectivity index (χ2v) is 7.84. The number of nitrogens with zero attached hydrogens (tertiary/aromatic N) is 6. The van der Waals surface area contributed by atoms with Gasteiger partial charge in [0.1, 0.15) is 5.69 Å². The molecule has 1 amide bonds. The number of halogens is 3. The van der Waals surface area contributed by atoms with Crippen LogP contribution in [-0.4, -0.2) is 45.9 Å². The minimum absolute atomic E-state index is 0.0160. The van der Waals surface area contributed by atoms with E-state index < -0.39 is 17.6 Å². The molecule has 3 aromatic heterocycles. The number of hydrogen-bond acceptors (Lipinski definition) is 8. The van der Waals surface area contributed by atoms with Crippen LogP contribution < -0.4 is 15.1 Å². The number of hydrogen-bond donors (Lipinski definition) is 1. The van der Waals surface area contributed by atoms with E-state index in [0.29, 0.717) is 22.8 Å². The van der Waals surface area contributed by atoms with Crippen molar-refractivity contribution in [3.05, 3.63) is 35.7 Å². The molecule has 4 heterocycles. The molecule has 0 radical (unpaired) electrons. The van der Waals surface area contributed by atoms with Crippen molar-refractivity contribution in [1.82, 2.24) is 19.3 Å². The number of alkyl halides is 3. The van der Waals surface area contributed by atoms with Gasteiger partial charge in [0, 0.05) is 45.3 Å². The number of pyridine rings is 2. The number of carbonyl (C=O) groups is 1. The number of carbonyl (C=O) groups excluding carboxylic acids is 1. The van der Waals surface area contributed by atoms with E-state index in [1.807, 2.05) is 13.1 Å². The third-order valence-electron chi connectivity index (χ3n) is 5.00. The lowest BCUT2D eigenvalue weighted by atomic mass is 10.2. The molecule has 0 unspecified atom stereocenters. The third kappa shape index (κ3) is 4.15.